The zero-order chi connectivity index (χ0) is 18.2. The Morgan fingerprint density at radius 3 is 2.68 bits per heavy atom. The predicted molar refractivity (Wildman–Crippen MR) is 85.6 cm³/mol. The average Bonchev–Trinajstić information content (AvgIpc) is 2.90. The number of carbonyl (C=O) groups is 2. The Morgan fingerprint density at radius 1 is 1.28 bits per heavy atom. The van der Waals surface area contributed by atoms with Gasteiger partial charge in [0.1, 0.15) is 17.3 Å². The molecule has 1 unspecified atom stereocenters. The number of carbonyl (C=O) groups excluding carboxylic acids is 2. The van der Waals surface area contributed by atoms with Crippen LogP contribution in [0.2, 0.25) is 0 Å². The third-order valence-corrected chi connectivity index (χ3v) is 5.81. The quantitative estimate of drug-likeness (QED) is 0.860. The number of hydrogen-bond donors (Lipinski definition) is 1. The van der Waals surface area contributed by atoms with Crippen molar-refractivity contribution in [1.82, 2.24) is 5.01 Å². The number of rotatable bonds is 3. The molecular weight excluding hydrogens is 356 g/mol. The number of anilines is 1. The molecule has 0 saturated carbocycles. The molecule has 0 bridgehead atoms. The molecule has 3 rings (SSSR count). The van der Waals surface area contributed by atoms with Gasteiger partial charge in [-0.3, -0.25) is 9.59 Å². The van der Waals surface area contributed by atoms with Crippen LogP contribution in [0, 0.1) is 11.6 Å². The van der Waals surface area contributed by atoms with Gasteiger partial charge in [0.25, 0.3) is 5.91 Å². The monoisotopic (exact) mass is 371 g/mol. The van der Waals surface area contributed by atoms with Gasteiger partial charge in [0.2, 0.25) is 5.91 Å². The lowest BCUT2D eigenvalue weighted by molar-refractivity contribution is -0.133. The summed E-state index contributed by atoms with van der Waals surface area (Å²) >= 11 is 0. The van der Waals surface area contributed by atoms with Crippen molar-refractivity contribution in [3.8, 4) is 0 Å². The Kier molecular flexibility index (Phi) is 4.55. The summed E-state index contributed by atoms with van der Waals surface area (Å²) in [5, 5.41) is 7.31. The fourth-order valence-corrected chi connectivity index (χ4v) is 4.47. The molecule has 1 atom stereocenters. The SMILES string of the molecule is O=C(Nc1ccc(F)cc1F)C1=NN(C2CCS(=O)(=O)C2)C(=O)CC1. The number of nitrogens with one attached hydrogen (secondary N) is 1. The molecule has 2 amide bonds. The molecule has 0 spiro atoms. The maximum atomic E-state index is 13.6. The Balaban J connectivity index is 1.77. The van der Waals surface area contributed by atoms with Crippen molar-refractivity contribution < 1.29 is 26.8 Å². The molecule has 2 heterocycles. The van der Waals surface area contributed by atoms with Crippen molar-refractivity contribution in [3.05, 3.63) is 29.8 Å². The van der Waals surface area contributed by atoms with Gasteiger partial charge < -0.3 is 5.32 Å². The Morgan fingerprint density at radius 2 is 2.04 bits per heavy atom. The fourth-order valence-electron chi connectivity index (χ4n) is 2.77. The molecule has 1 fully saturated rings. The number of hydrogen-bond acceptors (Lipinski definition) is 5. The van der Waals surface area contributed by atoms with E-state index in [1.165, 1.54) is 0 Å². The van der Waals surface area contributed by atoms with Crippen LogP contribution >= 0.6 is 0 Å². The molecule has 1 N–H and O–H groups in total. The van der Waals surface area contributed by atoms with Gasteiger partial charge in [-0.2, -0.15) is 5.10 Å². The molecule has 10 heteroatoms. The number of nitrogens with zero attached hydrogens (tertiary/aromatic N) is 2. The van der Waals surface area contributed by atoms with Crippen LogP contribution < -0.4 is 5.32 Å². The van der Waals surface area contributed by atoms with Crippen LogP contribution in [-0.2, 0) is 19.4 Å². The minimum atomic E-state index is -3.21. The van der Waals surface area contributed by atoms with Gasteiger partial charge in [-0.1, -0.05) is 0 Å². The van der Waals surface area contributed by atoms with Gasteiger partial charge in [-0.25, -0.2) is 22.2 Å². The van der Waals surface area contributed by atoms with Gasteiger partial charge in [0, 0.05) is 18.9 Å². The molecule has 25 heavy (non-hydrogen) atoms. The maximum absolute atomic E-state index is 13.6. The summed E-state index contributed by atoms with van der Waals surface area (Å²) in [6, 6.07) is 2.12. The highest BCUT2D eigenvalue weighted by molar-refractivity contribution is 7.91. The smallest absolute Gasteiger partial charge is 0.271 e. The highest BCUT2D eigenvalue weighted by atomic mass is 32.2. The molecule has 0 aromatic heterocycles. The molecule has 0 aliphatic carbocycles. The van der Waals surface area contributed by atoms with Crippen molar-refractivity contribution in [2.24, 2.45) is 5.10 Å². The number of halogens is 2. The Labute approximate surface area is 142 Å². The minimum Gasteiger partial charge on any atom is -0.318 e. The van der Waals surface area contributed by atoms with Crippen molar-refractivity contribution in [3.63, 3.8) is 0 Å². The Hall–Kier alpha value is -2.36. The second kappa shape index (κ2) is 6.51. The predicted octanol–water partition coefficient (Wildman–Crippen LogP) is 1.07. The summed E-state index contributed by atoms with van der Waals surface area (Å²) in [5.74, 6) is -3.00. The first kappa shape index (κ1) is 17.5. The zero-order valence-corrected chi connectivity index (χ0v) is 13.9. The molecule has 2 aliphatic heterocycles. The molecule has 2 aliphatic rings. The van der Waals surface area contributed by atoms with Crippen molar-refractivity contribution in [1.29, 1.82) is 0 Å². The first-order valence-corrected chi connectivity index (χ1v) is 9.44. The van der Waals surface area contributed by atoms with E-state index in [-0.39, 0.29) is 48.1 Å². The van der Waals surface area contributed by atoms with E-state index in [0.29, 0.717) is 6.07 Å². The van der Waals surface area contributed by atoms with E-state index in [2.05, 4.69) is 10.4 Å². The normalized spacial score (nSPS) is 22.6. The molecular formula is C15H15F2N3O4S. The number of amides is 2. The number of benzene rings is 1. The van der Waals surface area contributed by atoms with Gasteiger partial charge >= 0.3 is 0 Å². The van der Waals surface area contributed by atoms with Crippen LogP contribution in [0.25, 0.3) is 0 Å². The largest absolute Gasteiger partial charge is 0.318 e. The van der Waals surface area contributed by atoms with E-state index in [0.717, 1.165) is 17.1 Å². The van der Waals surface area contributed by atoms with Gasteiger partial charge in [0.15, 0.2) is 9.84 Å². The lowest BCUT2D eigenvalue weighted by atomic mass is 10.1. The number of hydrazone groups is 1. The second-order valence-corrected chi connectivity index (χ2v) is 8.15. The molecule has 1 aromatic carbocycles. The highest BCUT2D eigenvalue weighted by Gasteiger charge is 2.37. The Bertz CT molecular complexity index is 870. The molecule has 134 valence electrons. The minimum absolute atomic E-state index is 0.00683. The van der Waals surface area contributed by atoms with E-state index in [1.807, 2.05) is 0 Å². The van der Waals surface area contributed by atoms with Gasteiger partial charge in [-0.15, -0.1) is 0 Å². The zero-order valence-electron chi connectivity index (χ0n) is 13.0. The van der Waals surface area contributed by atoms with Gasteiger partial charge in [0.05, 0.1) is 23.2 Å². The number of sulfone groups is 1. The summed E-state index contributed by atoms with van der Waals surface area (Å²) in [6.45, 7) is 0. The highest BCUT2D eigenvalue weighted by Crippen LogP contribution is 2.23. The second-order valence-electron chi connectivity index (χ2n) is 5.92. The standard InChI is InChI=1S/C15H15F2N3O4S/c16-9-1-2-12(11(17)7-9)18-15(22)13-3-4-14(21)20(19-13)10-5-6-25(23,24)8-10/h1-2,7,10H,3-6,8H2,(H,18,22). The van der Waals surface area contributed by atoms with E-state index in [4.69, 9.17) is 0 Å². The lowest BCUT2D eigenvalue weighted by Crippen LogP contribution is -2.42. The third-order valence-electron chi connectivity index (χ3n) is 4.06. The average molecular weight is 371 g/mol. The van der Waals surface area contributed by atoms with Gasteiger partial charge in [-0.05, 0) is 18.6 Å². The summed E-state index contributed by atoms with van der Waals surface area (Å²) in [6.07, 6.45) is 0.331. The first-order chi connectivity index (χ1) is 11.7. The first-order valence-electron chi connectivity index (χ1n) is 7.61. The summed E-state index contributed by atoms with van der Waals surface area (Å²) in [5.41, 5.74) is -0.214. The summed E-state index contributed by atoms with van der Waals surface area (Å²) < 4.78 is 49.7. The van der Waals surface area contributed by atoms with Crippen LogP contribution in [0.15, 0.2) is 23.3 Å². The van der Waals surface area contributed by atoms with Crippen LogP contribution in [0.4, 0.5) is 14.5 Å². The summed E-state index contributed by atoms with van der Waals surface area (Å²) in [7, 11) is -3.21. The molecule has 1 saturated heterocycles. The summed E-state index contributed by atoms with van der Waals surface area (Å²) in [4.78, 5) is 24.2. The van der Waals surface area contributed by atoms with E-state index < -0.39 is 33.4 Å². The van der Waals surface area contributed by atoms with Crippen molar-refractivity contribution in [2.45, 2.75) is 25.3 Å². The molecule has 7 nitrogen and oxygen atoms in total. The van der Waals surface area contributed by atoms with Crippen LogP contribution in [0.5, 0.6) is 0 Å². The van der Waals surface area contributed by atoms with Crippen molar-refractivity contribution >= 4 is 33.1 Å². The van der Waals surface area contributed by atoms with Crippen LogP contribution in [-0.4, -0.2) is 48.5 Å². The lowest BCUT2D eigenvalue weighted by Gasteiger charge is -2.27. The molecule has 0 radical (unpaired) electrons. The van der Waals surface area contributed by atoms with E-state index >= 15 is 0 Å². The molecule has 1 aromatic rings. The van der Waals surface area contributed by atoms with Crippen molar-refractivity contribution in [2.75, 3.05) is 16.8 Å². The topological polar surface area (TPSA) is 95.9 Å². The van der Waals surface area contributed by atoms with E-state index in [9.17, 15) is 26.8 Å². The van der Waals surface area contributed by atoms with E-state index in [1.54, 1.807) is 0 Å². The van der Waals surface area contributed by atoms with Crippen LogP contribution in [0.3, 0.4) is 0 Å². The fraction of sp³-hybridized carbons (Fsp3) is 0.400. The third kappa shape index (κ3) is 3.84. The van der Waals surface area contributed by atoms with Crippen LogP contribution in [0.1, 0.15) is 19.3 Å². The maximum Gasteiger partial charge on any atom is 0.271 e.